The molecule has 202 valence electrons. The maximum Gasteiger partial charge on any atom is 0.187 e. The summed E-state index contributed by atoms with van der Waals surface area (Å²) in [6.07, 6.45) is 6.44. The molecule has 7 nitrogen and oxygen atoms in total. The van der Waals surface area contributed by atoms with Crippen LogP contribution >= 0.6 is 12.2 Å². The van der Waals surface area contributed by atoms with Crippen LogP contribution in [0, 0.1) is 0 Å². The van der Waals surface area contributed by atoms with Gasteiger partial charge in [-0.05, 0) is 72.2 Å². The van der Waals surface area contributed by atoms with Crippen LogP contribution in [0.2, 0.25) is 0 Å². The van der Waals surface area contributed by atoms with Crippen molar-refractivity contribution in [3.05, 3.63) is 83.9 Å². The topological polar surface area (TPSA) is 73.3 Å². The van der Waals surface area contributed by atoms with Crippen LogP contribution in [0.25, 0.3) is 0 Å². The summed E-state index contributed by atoms with van der Waals surface area (Å²) in [6, 6.07) is 23.3. The van der Waals surface area contributed by atoms with Crippen molar-refractivity contribution in [2.45, 2.75) is 39.2 Å². The van der Waals surface area contributed by atoms with Gasteiger partial charge in [0.1, 0.15) is 24.7 Å². The molecule has 0 unspecified atom stereocenters. The highest BCUT2D eigenvalue weighted by molar-refractivity contribution is 7.80. The lowest BCUT2D eigenvalue weighted by molar-refractivity contribution is 0.211. The number of hydrazone groups is 1. The molecule has 3 rings (SSSR count). The number of hydrogen-bond acceptors (Lipinski definition) is 6. The third kappa shape index (κ3) is 10.7. The largest absolute Gasteiger partial charge is 0.494 e. The minimum absolute atomic E-state index is 0.377. The van der Waals surface area contributed by atoms with Crippen molar-refractivity contribution in [2.75, 3.05) is 26.9 Å². The van der Waals surface area contributed by atoms with E-state index in [1.807, 2.05) is 72.8 Å². The molecule has 0 aliphatic heterocycles. The summed E-state index contributed by atoms with van der Waals surface area (Å²) in [4.78, 5) is 0. The fourth-order valence-corrected chi connectivity index (χ4v) is 3.65. The van der Waals surface area contributed by atoms with E-state index in [2.05, 4.69) is 22.8 Å². The lowest BCUT2D eigenvalue weighted by Gasteiger charge is -2.12. The lowest BCUT2D eigenvalue weighted by atomic mass is 10.2. The molecule has 8 heteroatoms. The Kier molecular flexibility index (Phi) is 12.8. The van der Waals surface area contributed by atoms with E-state index in [0.717, 1.165) is 35.7 Å². The molecule has 0 saturated carbocycles. The first-order chi connectivity index (χ1) is 18.7. The van der Waals surface area contributed by atoms with E-state index < -0.39 is 0 Å². The molecular formula is C30H37N3O4S. The van der Waals surface area contributed by atoms with Gasteiger partial charge in [-0.3, -0.25) is 5.43 Å². The summed E-state index contributed by atoms with van der Waals surface area (Å²) in [7, 11) is 1.61. The monoisotopic (exact) mass is 535 g/mol. The number of benzene rings is 3. The Labute approximate surface area is 231 Å². The molecule has 0 atom stereocenters. The quantitative estimate of drug-likeness (QED) is 0.0992. The van der Waals surface area contributed by atoms with Gasteiger partial charge in [-0.1, -0.05) is 56.5 Å². The van der Waals surface area contributed by atoms with Gasteiger partial charge in [0.2, 0.25) is 0 Å². The molecule has 0 radical (unpaired) electrons. The molecule has 0 bridgehead atoms. The Bertz CT molecular complexity index is 1120. The van der Waals surface area contributed by atoms with E-state index in [9.17, 15) is 0 Å². The van der Waals surface area contributed by atoms with Gasteiger partial charge in [-0.2, -0.15) is 5.10 Å². The molecular weight excluding hydrogens is 498 g/mol. The van der Waals surface area contributed by atoms with Crippen molar-refractivity contribution in [3.63, 3.8) is 0 Å². The number of unbranched alkanes of at least 4 members (excludes halogenated alkanes) is 3. The summed E-state index contributed by atoms with van der Waals surface area (Å²) in [5, 5.41) is 7.76. The number of nitrogens with one attached hydrogen (secondary N) is 2. The first-order valence-corrected chi connectivity index (χ1v) is 13.4. The Morgan fingerprint density at radius 3 is 2.24 bits per heavy atom. The summed E-state index contributed by atoms with van der Waals surface area (Å²) < 4.78 is 22.9. The molecule has 0 spiro atoms. The second kappa shape index (κ2) is 16.9. The molecule has 3 aromatic carbocycles. The molecule has 0 aromatic heterocycles. The Morgan fingerprint density at radius 2 is 1.53 bits per heavy atom. The highest BCUT2D eigenvalue weighted by Gasteiger charge is 2.06. The second-order valence-electron chi connectivity index (χ2n) is 8.53. The fourth-order valence-electron chi connectivity index (χ4n) is 3.53. The average Bonchev–Trinajstić information content (AvgIpc) is 2.96. The summed E-state index contributed by atoms with van der Waals surface area (Å²) in [6.45, 7) is 4.36. The van der Waals surface area contributed by atoms with Gasteiger partial charge < -0.3 is 24.3 Å². The number of methoxy groups -OCH3 is 1. The lowest BCUT2D eigenvalue weighted by Crippen LogP contribution is -2.31. The third-order valence-electron chi connectivity index (χ3n) is 5.56. The van der Waals surface area contributed by atoms with Gasteiger partial charge in [-0.25, -0.2) is 0 Å². The van der Waals surface area contributed by atoms with Crippen LogP contribution in [0.1, 0.15) is 43.7 Å². The molecule has 0 aliphatic rings. The van der Waals surface area contributed by atoms with Gasteiger partial charge in [0, 0.05) is 6.54 Å². The van der Waals surface area contributed by atoms with E-state index in [1.54, 1.807) is 13.3 Å². The number of thiocarbonyl (C=S) groups is 1. The van der Waals surface area contributed by atoms with Crippen molar-refractivity contribution >= 4 is 23.5 Å². The van der Waals surface area contributed by atoms with Crippen molar-refractivity contribution < 1.29 is 18.9 Å². The number of ether oxygens (including phenoxy) is 4. The predicted octanol–water partition coefficient (Wildman–Crippen LogP) is 6.11. The molecule has 0 aliphatic carbocycles. The van der Waals surface area contributed by atoms with E-state index in [-0.39, 0.29) is 0 Å². The smallest absolute Gasteiger partial charge is 0.187 e. The SMILES string of the molecule is CCCCCCOc1ccc(OCCOc2ccc(/C=N\NC(=S)NCc3ccccc3)cc2OC)cc1. The maximum atomic E-state index is 5.86. The molecule has 0 fully saturated rings. The van der Waals surface area contributed by atoms with Crippen LogP contribution in [-0.4, -0.2) is 38.3 Å². The Balaban J connectivity index is 1.37. The van der Waals surface area contributed by atoms with E-state index in [1.165, 1.54) is 19.3 Å². The summed E-state index contributed by atoms with van der Waals surface area (Å²) in [5.41, 5.74) is 4.81. The molecule has 38 heavy (non-hydrogen) atoms. The fraction of sp³-hybridized carbons (Fsp3) is 0.333. The predicted molar refractivity (Wildman–Crippen MR) is 157 cm³/mol. The van der Waals surface area contributed by atoms with Crippen LogP contribution in [0.5, 0.6) is 23.0 Å². The van der Waals surface area contributed by atoms with Gasteiger partial charge in [-0.15, -0.1) is 0 Å². The third-order valence-corrected chi connectivity index (χ3v) is 5.80. The highest BCUT2D eigenvalue weighted by atomic mass is 32.1. The van der Waals surface area contributed by atoms with Gasteiger partial charge in [0.15, 0.2) is 16.6 Å². The van der Waals surface area contributed by atoms with E-state index in [0.29, 0.717) is 36.4 Å². The molecule has 0 saturated heterocycles. The van der Waals surface area contributed by atoms with Crippen LogP contribution in [0.15, 0.2) is 77.9 Å². The average molecular weight is 536 g/mol. The van der Waals surface area contributed by atoms with Gasteiger partial charge in [0.25, 0.3) is 0 Å². The van der Waals surface area contributed by atoms with E-state index in [4.69, 9.17) is 31.2 Å². The van der Waals surface area contributed by atoms with E-state index >= 15 is 0 Å². The Hall–Kier alpha value is -3.78. The highest BCUT2D eigenvalue weighted by Crippen LogP contribution is 2.27. The zero-order valence-electron chi connectivity index (χ0n) is 22.2. The van der Waals surface area contributed by atoms with Gasteiger partial charge in [0.05, 0.1) is 19.9 Å². The normalized spacial score (nSPS) is 10.7. The maximum absolute atomic E-state index is 5.86. The summed E-state index contributed by atoms with van der Waals surface area (Å²) in [5.74, 6) is 2.88. The standard InChI is InChI=1S/C30H37N3O4S/c1-3-4-5-9-18-35-26-13-15-27(16-14-26)36-19-20-37-28-17-12-25(21-29(28)34-2)23-32-33-30(38)31-22-24-10-7-6-8-11-24/h6-8,10-17,21,23H,3-5,9,18-20,22H2,1-2H3,(H2,31,33,38)/b32-23-. The second-order valence-corrected chi connectivity index (χ2v) is 8.93. The zero-order chi connectivity index (χ0) is 26.8. The van der Waals surface area contributed by atoms with Crippen LogP contribution in [-0.2, 0) is 6.54 Å². The molecule has 0 amide bonds. The van der Waals surface area contributed by atoms with Crippen molar-refractivity contribution in [1.82, 2.24) is 10.7 Å². The van der Waals surface area contributed by atoms with Crippen molar-refractivity contribution in [3.8, 4) is 23.0 Å². The number of rotatable bonds is 16. The van der Waals surface area contributed by atoms with Crippen LogP contribution in [0.4, 0.5) is 0 Å². The molecule has 3 aromatic rings. The minimum Gasteiger partial charge on any atom is -0.494 e. The molecule has 0 heterocycles. The number of nitrogens with zero attached hydrogens (tertiary/aromatic N) is 1. The zero-order valence-corrected chi connectivity index (χ0v) is 23.0. The van der Waals surface area contributed by atoms with Gasteiger partial charge >= 0.3 is 0 Å². The summed E-state index contributed by atoms with van der Waals surface area (Å²) >= 11 is 5.27. The number of hydrogen-bond donors (Lipinski definition) is 2. The minimum atomic E-state index is 0.377. The molecule has 2 N–H and O–H groups in total. The van der Waals surface area contributed by atoms with Crippen molar-refractivity contribution in [1.29, 1.82) is 0 Å². The van der Waals surface area contributed by atoms with Crippen LogP contribution in [0.3, 0.4) is 0 Å². The van der Waals surface area contributed by atoms with Crippen molar-refractivity contribution in [2.24, 2.45) is 5.10 Å². The first kappa shape index (κ1) is 28.8. The Morgan fingerprint density at radius 1 is 0.816 bits per heavy atom. The van der Waals surface area contributed by atoms with Crippen LogP contribution < -0.4 is 29.7 Å². The first-order valence-electron chi connectivity index (χ1n) is 12.9.